The maximum absolute atomic E-state index is 13.7. The first-order valence-corrected chi connectivity index (χ1v) is 11.6. The molecule has 0 spiro atoms. The number of aryl methyl sites for hydroxylation is 1. The number of benzene rings is 2. The third-order valence-corrected chi connectivity index (χ3v) is 6.04. The molecule has 5 rings (SSSR count). The van der Waals surface area contributed by atoms with Gasteiger partial charge in [0.15, 0.2) is 5.82 Å². The summed E-state index contributed by atoms with van der Waals surface area (Å²) in [6, 6.07) is 22.6. The summed E-state index contributed by atoms with van der Waals surface area (Å²) in [5, 5.41) is 12.6. The summed E-state index contributed by atoms with van der Waals surface area (Å²) in [6.07, 6.45) is 4.45. The molecule has 0 radical (unpaired) electrons. The smallest absolute Gasteiger partial charge is 0.280 e. The van der Waals surface area contributed by atoms with Crippen LogP contribution >= 0.6 is 0 Å². The van der Waals surface area contributed by atoms with Crippen LogP contribution in [0.3, 0.4) is 0 Å². The number of rotatable bonds is 7. The number of amides is 1. The maximum Gasteiger partial charge on any atom is 0.280 e. The van der Waals surface area contributed by atoms with Crippen LogP contribution in [-0.4, -0.2) is 36.6 Å². The number of hydrogen-bond donors (Lipinski definition) is 1. The van der Waals surface area contributed by atoms with Crippen molar-refractivity contribution in [2.24, 2.45) is 0 Å². The van der Waals surface area contributed by atoms with Gasteiger partial charge in [-0.25, -0.2) is 9.36 Å². The largest absolute Gasteiger partial charge is 0.354 e. The van der Waals surface area contributed by atoms with Crippen molar-refractivity contribution in [1.82, 2.24) is 29.4 Å². The van der Waals surface area contributed by atoms with Crippen molar-refractivity contribution >= 4 is 16.8 Å². The molecule has 1 N–H and O–H groups in total. The summed E-state index contributed by atoms with van der Waals surface area (Å²) < 4.78 is 4.87. The average Bonchev–Trinajstić information content (AvgIpc) is 3.55. The Kier molecular flexibility index (Phi) is 6.01. The van der Waals surface area contributed by atoms with E-state index in [-0.39, 0.29) is 11.5 Å². The van der Waals surface area contributed by atoms with Crippen LogP contribution in [-0.2, 0) is 11.2 Å². The van der Waals surface area contributed by atoms with E-state index in [0.717, 1.165) is 11.3 Å². The number of nitrogens with zero attached hydrogens (tertiary/aromatic N) is 5. The van der Waals surface area contributed by atoms with Gasteiger partial charge in [-0.1, -0.05) is 48.5 Å². The average molecular weight is 467 g/mol. The third-order valence-electron chi connectivity index (χ3n) is 6.04. The number of fused-ring (bicyclic) bond motifs is 1. The van der Waals surface area contributed by atoms with Gasteiger partial charge in [-0.2, -0.15) is 10.2 Å². The monoisotopic (exact) mass is 466 g/mol. The highest BCUT2D eigenvalue weighted by Crippen LogP contribution is 2.25. The molecule has 0 aliphatic heterocycles. The molecule has 5 aromatic rings. The Morgan fingerprint density at radius 3 is 2.29 bits per heavy atom. The summed E-state index contributed by atoms with van der Waals surface area (Å²) in [5.41, 5.74) is 2.69. The molecule has 1 atom stereocenters. The van der Waals surface area contributed by atoms with E-state index >= 15 is 0 Å². The van der Waals surface area contributed by atoms with E-state index in [1.807, 2.05) is 89.8 Å². The highest BCUT2D eigenvalue weighted by molar-refractivity contribution is 5.88. The van der Waals surface area contributed by atoms with Gasteiger partial charge < -0.3 is 9.88 Å². The molecule has 2 aromatic carbocycles. The molecule has 3 aromatic heterocycles. The molecule has 8 nitrogen and oxygen atoms in total. The Bertz CT molecular complexity index is 1520. The highest BCUT2D eigenvalue weighted by atomic mass is 16.2. The topological polar surface area (TPSA) is 86.7 Å². The fourth-order valence-electron chi connectivity index (χ4n) is 4.19. The molecular weight excluding hydrogens is 440 g/mol. The molecule has 0 fully saturated rings. The Balaban J connectivity index is 1.54. The standard InChI is InChI=1S/C27H26N6O2/c1-19-24-23(26(31-17-9-10-18-31)33(30-24)22-13-7-4-8-14-22)27(35)32(29-19)20(2)25(34)28-16-15-21-11-5-3-6-12-21/h3-14,17-18,20H,15-16H2,1-2H3,(H,28,34). The first-order chi connectivity index (χ1) is 17.0. The van der Waals surface area contributed by atoms with Gasteiger partial charge in [0.2, 0.25) is 5.91 Å². The number of carbonyl (C=O) groups excluding carboxylic acids is 1. The quantitative estimate of drug-likeness (QED) is 0.397. The second kappa shape index (κ2) is 9.42. The lowest BCUT2D eigenvalue weighted by Gasteiger charge is -2.15. The second-order valence-corrected chi connectivity index (χ2v) is 8.42. The molecule has 0 saturated carbocycles. The van der Waals surface area contributed by atoms with Crippen molar-refractivity contribution < 1.29 is 4.79 Å². The van der Waals surface area contributed by atoms with E-state index in [1.54, 1.807) is 18.5 Å². The summed E-state index contributed by atoms with van der Waals surface area (Å²) in [5.74, 6) is 0.351. The van der Waals surface area contributed by atoms with Gasteiger partial charge in [0.1, 0.15) is 16.9 Å². The molecule has 0 saturated heterocycles. The van der Waals surface area contributed by atoms with Crippen molar-refractivity contribution in [3.63, 3.8) is 0 Å². The molecule has 8 heteroatoms. The van der Waals surface area contributed by atoms with Gasteiger partial charge in [0, 0.05) is 18.9 Å². The zero-order chi connectivity index (χ0) is 24.4. The van der Waals surface area contributed by atoms with Crippen molar-refractivity contribution in [1.29, 1.82) is 0 Å². The van der Waals surface area contributed by atoms with Gasteiger partial charge in [-0.3, -0.25) is 9.59 Å². The van der Waals surface area contributed by atoms with Gasteiger partial charge in [0.25, 0.3) is 5.56 Å². The van der Waals surface area contributed by atoms with Gasteiger partial charge in [-0.15, -0.1) is 0 Å². The number of aromatic nitrogens is 5. The summed E-state index contributed by atoms with van der Waals surface area (Å²) in [7, 11) is 0. The molecule has 0 bridgehead atoms. The first kappa shape index (κ1) is 22.3. The van der Waals surface area contributed by atoms with Crippen LogP contribution in [0.5, 0.6) is 0 Å². The number of para-hydroxylation sites is 1. The van der Waals surface area contributed by atoms with Crippen LogP contribution in [0.15, 0.2) is 90.0 Å². The summed E-state index contributed by atoms with van der Waals surface area (Å²) in [4.78, 5) is 26.7. The van der Waals surface area contributed by atoms with Crippen LogP contribution in [0.4, 0.5) is 0 Å². The maximum atomic E-state index is 13.7. The van der Waals surface area contributed by atoms with Gasteiger partial charge in [-0.05, 0) is 50.1 Å². The van der Waals surface area contributed by atoms with Crippen molar-refractivity contribution in [2.45, 2.75) is 26.3 Å². The fourth-order valence-corrected chi connectivity index (χ4v) is 4.19. The van der Waals surface area contributed by atoms with Crippen LogP contribution in [0.2, 0.25) is 0 Å². The van der Waals surface area contributed by atoms with E-state index in [9.17, 15) is 9.59 Å². The highest BCUT2D eigenvalue weighted by Gasteiger charge is 2.25. The minimum atomic E-state index is -0.779. The third kappa shape index (κ3) is 4.26. The predicted octanol–water partition coefficient (Wildman–Crippen LogP) is 3.60. The molecule has 3 heterocycles. The molecular formula is C27H26N6O2. The lowest BCUT2D eigenvalue weighted by atomic mass is 10.1. The number of nitrogens with one attached hydrogen (secondary N) is 1. The van der Waals surface area contributed by atoms with E-state index in [1.165, 1.54) is 4.68 Å². The van der Waals surface area contributed by atoms with Crippen LogP contribution < -0.4 is 10.9 Å². The molecule has 1 unspecified atom stereocenters. The predicted molar refractivity (Wildman–Crippen MR) is 135 cm³/mol. The fraction of sp³-hybridized carbons (Fsp3) is 0.185. The van der Waals surface area contributed by atoms with E-state index in [4.69, 9.17) is 5.10 Å². The molecule has 176 valence electrons. The van der Waals surface area contributed by atoms with Crippen molar-refractivity contribution in [3.8, 4) is 11.5 Å². The van der Waals surface area contributed by atoms with E-state index in [0.29, 0.717) is 35.4 Å². The van der Waals surface area contributed by atoms with Gasteiger partial charge >= 0.3 is 0 Å². The second-order valence-electron chi connectivity index (χ2n) is 8.42. The van der Waals surface area contributed by atoms with E-state index in [2.05, 4.69) is 10.4 Å². The van der Waals surface area contributed by atoms with Crippen LogP contribution in [0.1, 0.15) is 24.2 Å². The zero-order valence-corrected chi connectivity index (χ0v) is 19.6. The molecule has 35 heavy (non-hydrogen) atoms. The minimum absolute atomic E-state index is 0.257. The van der Waals surface area contributed by atoms with Gasteiger partial charge in [0.05, 0.1) is 11.4 Å². The Hall–Kier alpha value is -4.46. The van der Waals surface area contributed by atoms with Crippen LogP contribution in [0, 0.1) is 6.92 Å². The van der Waals surface area contributed by atoms with Crippen LogP contribution in [0.25, 0.3) is 22.4 Å². The Morgan fingerprint density at radius 2 is 1.60 bits per heavy atom. The Labute approximate surface area is 202 Å². The van der Waals surface area contributed by atoms with Crippen molar-refractivity contribution in [2.75, 3.05) is 6.54 Å². The molecule has 0 aliphatic rings. The van der Waals surface area contributed by atoms with E-state index < -0.39 is 6.04 Å². The normalized spacial score (nSPS) is 12.1. The lowest BCUT2D eigenvalue weighted by Crippen LogP contribution is -2.38. The lowest BCUT2D eigenvalue weighted by molar-refractivity contribution is -0.124. The first-order valence-electron chi connectivity index (χ1n) is 11.6. The summed E-state index contributed by atoms with van der Waals surface area (Å²) >= 11 is 0. The molecule has 0 aliphatic carbocycles. The minimum Gasteiger partial charge on any atom is -0.354 e. The van der Waals surface area contributed by atoms with Crippen molar-refractivity contribution in [3.05, 3.63) is 107 Å². The number of carbonyl (C=O) groups is 1. The SMILES string of the molecule is Cc1nn(C(C)C(=O)NCCc2ccccc2)c(=O)c2c(-n3cccc3)n(-c3ccccc3)nc12. The Morgan fingerprint density at radius 1 is 0.943 bits per heavy atom. The summed E-state index contributed by atoms with van der Waals surface area (Å²) in [6.45, 7) is 3.97. The zero-order valence-electron chi connectivity index (χ0n) is 19.6. The number of hydrogen-bond acceptors (Lipinski definition) is 4. The molecule has 1 amide bonds.